The molecule has 2 aliphatic rings. The minimum Gasteiger partial charge on any atom is -0.297 e. The fraction of sp³-hybridized carbons (Fsp3) is 0.429. The number of rotatable bonds is 11. The molecule has 0 amide bonds. The molecule has 8 heteroatoms. The monoisotopic (exact) mass is 800 g/mol. The SMILES string of the molecule is BrC(C(Br)N1CCN(Cc2ccccc2)CCN(Cc2ccccc2)CC1)N1CCN(Cc2ccccc2)CCN(Cc2ccccc2)CC1. The van der Waals surface area contributed by atoms with Gasteiger partial charge in [0.05, 0.1) is 9.90 Å². The van der Waals surface area contributed by atoms with E-state index in [2.05, 4.69) is 183 Å². The number of hydrogen-bond donors (Lipinski definition) is 0. The van der Waals surface area contributed by atoms with Crippen LogP contribution < -0.4 is 0 Å². The van der Waals surface area contributed by atoms with Crippen molar-refractivity contribution in [1.29, 1.82) is 0 Å². The first-order valence-corrected chi connectivity index (χ1v) is 20.2. The van der Waals surface area contributed by atoms with E-state index in [1.807, 2.05) is 0 Å². The summed E-state index contributed by atoms with van der Waals surface area (Å²) in [6.07, 6.45) is 0. The van der Waals surface area contributed by atoms with Gasteiger partial charge in [-0.05, 0) is 22.3 Å². The summed E-state index contributed by atoms with van der Waals surface area (Å²) in [4.78, 5) is 16.3. The summed E-state index contributed by atoms with van der Waals surface area (Å²) in [6.45, 7) is 16.5. The topological polar surface area (TPSA) is 19.4 Å². The Labute approximate surface area is 317 Å². The molecule has 2 saturated heterocycles. The molecule has 6 nitrogen and oxygen atoms in total. The van der Waals surface area contributed by atoms with Crippen LogP contribution in [0.25, 0.3) is 0 Å². The van der Waals surface area contributed by atoms with Crippen molar-refractivity contribution in [1.82, 2.24) is 29.4 Å². The molecule has 0 saturated carbocycles. The molecule has 4 aromatic carbocycles. The van der Waals surface area contributed by atoms with Crippen molar-refractivity contribution in [3.8, 4) is 0 Å². The van der Waals surface area contributed by atoms with Crippen LogP contribution in [0.3, 0.4) is 0 Å². The van der Waals surface area contributed by atoms with Crippen LogP contribution in [0, 0.1) is 0 Å². The predicted octanol–water partition coefficient (Wildman–Crippen LogP) is 7.07. The van der Waals surface area contributed by atoms with Crippen LogP contribution in [0.15, 0.2) is 121 Å². The van der Waals surface area contributed by atoms with Crippen LogP contribution in [-0.4, -0.2) is 118 Å². The standard InChI is InChI=1S/C42H54Br2N6/c43-41(49-29-25-45(33-37-13-5-1-6-14-37)21-22-46(26-30-49)34-38-15-7-2-8-16-38)42(44)50-31-27-47(35-39-17-9-3-10-18-39)23-24-48(28-32-50)36-40-19-11-4-12-20-40/h1-20,41-42H,21-36H2. The van der Waals surface area contributed by atoms with Crippen molar-refractivity contribution in [3.63, 3.8) is 0 Å². The maximum atomic E-state index is 4.28. The molecule has 2 unspecified atom stereocenters. The molecule has 0 radical (unpaired) electrons. The van der Waals surface area contributed by atoms with E-state index in [0.29, 0.717) is 0 Å². The van der Waals surface area contributed by atoms with Crippen LogP contribution in [0.5, 0.6) is 0 Å². The molecule has 2 atom stereocenters. The van der Waals surface area contributed by atoms with Crippen molar-refractivity contribution in [2.24, 2.45) is 0 Å². The Morgan fingerprint density at radius 1 is 0.320 bits per heavy atom. The lowest BCUT2D eigenvalue weighted by molar-refractivity contribution is 0.142. The van der Waals surface area contributed by atoms with Crippen molar-refractivity contribution >= 4 is 31.9 Å². The molecule has 0 spiro atoms. The Bertz CT molecular complexity index is 1280. The Morgan fingerprint density at radius 3 is 0.740 bits per heavy atom. The second-order valence-corrected chi connectivity index (χ2v) is 15.7. The predicted molar refractivity (Wildman–Crippen MR) is 215 cm³/mol. The van der Waals surface area contributed by atoms with Crippen molar-refractivity contribution in [3.05, 3.63) is 144 Å². The summed E-state index contributed by atoms with van der Waals surface area (Å²) >= 11 is 8.55. The van der Waals surface area contributed by atoms with Crippen LogP contribution in [0.2, 0.25) is 0 Å². The van der Waals surface area contributed by atoms with Gasteiger partial charge in [0, 0.05) is 105 Å². The molecule has 50 heavy (non-hydrogen) atoms. The highest BCUT2D eigenvalue weighted by Gasteiger charge is 2.31. The first kappa shape index (κ1) is 37.4. The van der Waals surface area contributed by atoms with Gasteiger partial charge in [0.25, 0.3) is 0 Å². The minimum absolute atomic E-state index is 0.184. The lowest BCUT2D eigenvalue weighted by atomic mass is 10.2. The molecule has 6 rings (SSSR count). The van der Waals surface area contributed by atoms with Crippen molar-refractivity contribution in [2.45, 2.75) is 36.1 Å². The number of halogens is 2. The molecular weight excluding hydrogens is 748 g/mol. The Hall–Kier alpha value is -2.40. The zero-order chi connectivity index (χ0) is 34.4. The lowest BCUT2D eigenvalue weighted by Crippen LogP contribution is -2.51. The molecule has 266 valence electrons. The summed E-state index contributed by atoms with van der Waals surface area (Å²) in [5.74, 6) is 0. The normalized spacial score (nSPS) is 20.1. The van der Waals surface area contributed by atoms with Crippen LogP contribution in [-0.2, 0) is 26.2 Å². The third kappa shape index (κ3) is 11.8. The van der Waals surface area contributed by atoms with E-state index in [4.69, 9.17) is 0 Å². The molecule has 0 N–H and O–H groups in total. The largest absolute Gasteiger partial charge is 0.297 e. The molecule has 4 aromatic rings. The summed E-state index contributed by atoms with van der Waals surface area (Å²) in [5.41, 5.74) is 5.55. The van der Waals surface area contributed by atoms with Gasteiger partial charge in [-0.15, -0.1) is 0 Å². The second kappa shape index (κ2) is 20.0. The van der Waals surface area contributed by atoms with Crippen LogP contribution in [0.1, 0.15) is 22.3 Å². The number of nitrogens with zero attached hydrogens (tertiary/aromatic N) is 6. The first-order chi connectivity index (χ1) is 24.6. The molecule has 0 aliphatic carbocycles. The van der Waals surface area contributed by atoms with Gasteiger partial charge >= 0.3 is 0 Å². The number of benzene rings is 4. The second-order valence-electron chi connectivity index (χ2n) is 13.9. The van der Waals surface area contributed by atoms with Gasteiger partial charge in [-0.3, -0.25) is 29.4 Å². The Kier molecular flexibility index (Phi) is 14.9. The average Bonchev–Trinajstić information content (AvgIpc) is 3.32. The van der Waals surface area contributed by atoms with E-state index in [1.54, 1.807) is 0 Å². The van der Waals surface area contributed by atoms with Gasteiger partial charge in [-0.1, -0.05) is 153 Å². The van der Waals surface area contributed by atoms with Crippen LogP contribution in [0.4, 0.5) is 0 Å². The van der Waals surface area contributed by atoms with Gasteiger partial charge in [-0.25, -0.2) is 0 Å². The van der Waals surface area contributed by atoms with Gasteiger partial charge in [0.2, 0.25) is 0 Å². The van der Waals surface area contributed by atoms with E-state index in [-0.39, 0.29) is 9.90 Å². The number of alkyl halides is 2. The van der Waals surface area contributed by atoms with E-state index < -0.39 is 0 Å². The summed E-state index contributed by atoms with van der Waals surface area (Å²) < 4.78 is 0. The highest BCUT2D eigenvalue weighted by Crippen LogP contribution is 2.24. The summed E-state index contributed by atoms with van der Waals surface area (Å²) in [5, 5.41) is 0. The maximum Gasteiger partial charge on any atom is 0.0915 e. The maximum absolute atomic E-state index is 4.28. The van der Waals surface area contributed by atoms with E-state index >= 15 is 0 Å². The molecule has 2 aliphatic heterocycles. The first-order valence-electron chi connectivity index (χ1n) is 18.4. The van der Waals surface area contributed by atoms with Gasteiger partial charge in [-0.2, -0.15) is 0 Å². The van der Waals surface area contributed by atoms with Gasteiger partial charge in [0.15, 0.2) is 0 Å². The quantitative estimate of drug-likeness (QED) is 0.119. The van der Waals surface area contributed by atoms with Gasteiger partial charge in [0.1, 0.15) is 0 Å². The zero-order valence-electron chi connectivity index (χ0n) is 29.5. The molecule has 2 fully saturated rings. The highest BCUT2D eigenvalue weighted by molar-refractivity contribution is 9.12. The van der Waals surface area contributed by atoms with E-state index in [1.165, 1.54) is 22.3 Å². The third-order valence-corrected chi connectivity index (χ3v) is 13.1. The Balaban J connectivity index is 1.16. The van der Waals surface area contributed by atoms with Crippen molar-refractivity contribution in [2.75, 3.05) is 78.5 Å². The number of hydrogen-bond acceptors (Lipinski definition) is 6. The smallest absolute Gasteiger partial charge is 0.0915 e. The van der Waals surface area contributed by atoms with Crippen LogP contribution >= 0.6 is 31.9 Å². The summed E-state index contributed by atoms with van der Waals surface area (Å²) in [6, 6.07) is 43.9. The zero-order valence-corrected chi connectivity index (χ0v) is 32.6. The van der Waals surface area contributed by atoms with E-state index in [9.17, 15) is 0 Å². The molecular formula is C42H54Br2N6. The average molecular weight is 803 g/mol. The fourth-order valence-corrected chi connectivity index (χ4v) is 8.64. The Morgan fingerprint density at radius 2 is 0.520 bits per heavy atom. The third-order valence-electron chi connectivity index (χ3n) is 10.2. The summed E-state index contributed by atoms with van der Waals surface area (Å²) in [7, 11) is 0. The molecule has 2 heterocycles. The molecule has 0 bridgehead atoms. The van der Waals surface area contributed by atoms with Gasteiger partial charge < -0.3 is 0 Å². The minimum atomic E-state index is 0.184. The van der Waals surface area contributed by atoms with Crippen molar-refractivity contribution < 1.29 is 0 Å². The molecule has 0 aromatic heterocycles. The fourth-order valence-electron chi connectivity index (χ4n) is 7.16. The van der Waals surface area contributed by atoms with E-state index in [0.717, 1.165) is 105 Å². The highest BCUT2D eigenvalue weighted by atomic mass is 79.9. The lowest BCUT2D eigenvalue weighted by Gasteiger charge is -2.38.